The molecule has 1 aliphatic rings. The summed E-state index contributed by atoms with van der Waals surface area (Å²) in [5.74, 6) is 0.594. The van der Waals surface area contributed by atoms with Gasteiger partial charge in [0.05, 0.1) is 26.2 Å². The number of hydrogen-bond donors (Lipinski definition) is 1. The van der Waals surface area contributed by atoms with Crippen LogP contribution in [0, 0.1) is 12.8 Å². The van der Waals surface area contributed by atoms with Gasteiger partial charge in [0.1, 0.15) is 6.61 Å². The molecule has 35 heavy (non-hydrogen) atoms. The van der Waals surface area contributed by atoms with Crippen molar-refractivity contribution < 1.29 is 24.1 Å². The van der Waals surface area contributed by atoms with Gasteiger partial charge >= 0.3 is 5.97 Å². The molecule has 1 saturated heterocycles. The molecule has 0 amide bonds. The van der Waals surface area contributed by atoms with Crippen LogP contribution in [0.25, 0.3) is 0 Å². The van der Waals surface area contributed by atoms with Crippen LogP contribution in [0.3, 0.4) is 0 Å². The van der Waals surface area contributed by atoms with Crippen LogP contribution < -0.4 is 14.2 Å². The first-order valence-electron chi connectivity index (χ1n) is 12.0. The lowest BCUT2D eigenvalue weighted by atomic mass is 9.91. The topological polar surface area (TPSA) is 68.2 Å². The number of carbonyl (C=O) groups is 1. The fourth-order valence-electron chi connectivity index (χ4n) is 4.74. The number of benzene rings is 3. The Balaban J connectivity index is 1.73. The maximum atomic E-state index is 11.8. The van der Waals surface area contributed by atoms with Gasteiger partial charge in [-0.2, -0.15) is 0 Å². The molecule has 0 aromatic heterocycles. The summed E-state index contributed by atoms with van der Waals surface area (Å²) in [7, 11) is 3.24. The van der Waals surface area contributed by atoms with Crippen LogP contribution in [0.15, 0.2) is 66.7 Å². The molecule has 0 spiro atoms. The fraction of sp³-hybridized carbons (Fsp3) is 0.345. The largest absolute Gasteiger partial charge is 0.493 e. The van der Waals surface area contributed by atoms with E-state index in [0.717, 1.165) is 29.7 Å². The summed E-state index contributed by atoms with van der Waals surface area (Å²) >= 11 is 0. The standard InChI is InChI=1S/C29H33NO5/c1-20-11-13-22(14-12-20)27(30-15-7-10-23(18-30)29(31)32)24-16-25(33-2)28(26(17-24)34-3)35-19-21-8-5-4-6-9-21/h4-6,8-9,11-14,16-17,23,27H,7,10,15,18-19H2,1-3H3,(H,31,32). The predicted molar refractivity (Wildman–Crippen MR) is 135 cm³/mol. The number of aliphatic carboxylic acids is 1. The lowest BCUT2D eigenvalue weighted by Gasteiger charge is -2.38. The molecule has 184 valence electrons. The van der Waals surface area contributed by atoms with Crippen LogP contribution in [-0.4, -0.2) is 43.3 Å². The van der Waals surface area contributed by atoms with E-state index in [2.05, 4.69) is 36.1 Å². The Morgan fingerprint density at radius 3 is 2.26 bits per heavy atom. The molecule has 2 atom stereocenters. The highest BCUT2D eigenvalue weighted by atomic mass is 16.5. The highest BCUT2D eigenvalue weighted by Crippen LogP contribution is 2.43. The lowest BCUT2D eigenvalue weighted by molar-refractivity contribution is -0.143. The molecule has 6 nitrogen and oxygen atoms in total. The Morgan fingerprint density at radius 1 is 1.00 bits per heavy atom. The van der Waals surface area contributed by atoms with E-state index in [0.29, 0.717) is 36.8 Å². The van der Waals surface area contributed by atoms with Gasteiger partial charge in [-0.25, -0.2) is 0 Å². The number of carboxylic acid groups (broad SMARTS) is 1. The summed E-state index contributed by atoms with van der Waals surface area (Å²) in [6, 6.07) is 22.2. The van der Waals surface area contributed by atoms with Crippen LogP contribution in [0.2, 0.25) is 0 Å². The number of piperidine rings is 1. The number of hydrogen-bond acceptors (Lipinski definition) is 5. The van der Waals surface area contributed by atoms with Gasteiger partial charge in [-0.3, -0.25) is 9.69 Å². The molecule has 1 aliphatic heterocycles. The Hall–Kier alpha value is -3.51. The third kappa shape index (κ3) is 5.77. The van der Waals surface area contributed by atoms with Crippen molar-refractivity contribution in [3.05, 3.63) is 89.0 Å². The van der Waals surface area contributed by atoms with E-state index in [4.69, 9.17) is 14.2 Å². The van der Waals surface area contributed by atoms with E-state index < -0.39 is 5.97 Å². The smallest absolute Gasteiger partial charge is 0.307 e. The van der Waals surface area contributed by atoms with Crippen molar-refractivity contribution in [2.75, 3.05) is 27.3 Å². The first kappa shape index (κ1) is 24.6. The van der Waals surface area contributed by atoms with Gasteiger partial charge in [0.15, 0.2) is 11.5 Å². The quantitative estimate of drug-likeness (QED) is 0.442. The van der Waals surface area contributed by atoms with Crippen molar-refractivity contribution >= 4 is 5.97 Å². The van der Waals surface area contributed by atoms with Crippen molar-refractivity contribution in [1.29, 1.82) is 0 Å². The molecule has 0 saturated carbocycles. The van der Waals surface area contributed by atoms with Gasteiger partial charge in [-0.15, -0.1) is 0 Å². The zero-order valence-electron chi connectivity index (χ0n) is 20.6. The fourth-order valence-corrected chi connectivity index (χ4v) is 4.74. The molecule has 0 bridgehead atoms. The number of rotatable bonds is 9. The minimum Gasteiger partial charge on any atom is -0.493 e. The number of nitrogens with zero attached hydrogens (tertiary/aromatic N) is 1. The third-order valence-corrected chi connectivity index (χ3v) is 6.58. The van der Waals surface area contributed by atoms with Gasteiger partial charge in [0, 0.05) is 6.54 Å². The molecule has 0 radical (unpaired) electrons. The van der Waals surface area contributed by atoms with E-state index in [1.165, 1.54) is 5.56 Å². The van der Waals surface area contributed by atoms with Crippen LogP contribution >= 0.6 is 0 Å². The summed E-state index contributed by atoms with van der Waals surface area (Å²) in [5.41, 5.74) is 4.30. The zero-order valence-corrected chi connectivity index (χ0v) is 20.6. The van der Waals surface area contributed by atoms with Crippen molar-refractivity contribution in [2.24, 2.45) is 5.92 Å². The average Bonchev–Trinajstić information content (AvgIpc) is 2.89. The van der Waals surface area contributed by atoms with Gasteiger partial charge in [0.25, 0.3) is 0 Å². The second kappa shape index (κ2) is 11.3. The van der Waals surface area contributed by atoms with Crippen LogP contribution in [-0.2, 0) is 11.4 Å². The molecule has 1 heterocycles. The van der Waals surface area contributed by atoms with Crippen LogP contribution in [0.4, 0.5) is 0 Å². The molecule has 1 N–H and O–H groups in total. The van der Waals surface area contributed by atoms with E-state index in [1.807, 2.05) is 42.5 Å². The minimum atomic E-state index is -0.739. The van der Waals surface area contributed by atoms with Crippen LogP contribution in [0.5, 0.6) is 17.2 Å². The van der Waals surface area contributed by atoms with Crippen LogP contribution in [0.1, 0.15) is 41.1 Å². The third-order valence-electron chi connectivity index (χ3n) is 6.58. The van der Waals surface area contributed by atoms with Crippen molar-refractivity contribution in [2.45, 2.75) is 32.4 Å². The molecule has 1 fully saturated rings. The number of methoxy groups -OCH3 is 2. The summed E-state index contributed by atoms with van der Waals surface area (Å²) < 4.78 is 17.6. The molecular weight excluding hydrogens is 442 g/mol. The second-order valence-electron chi connectivity index (χ2n) is 9.01. The van der Waals surface area contributed by atoms with Gasteiger partial charge in [-0.1, -0.05) is 60.2 Å². The maximum absolute atomic E-state index is 11.8. The summed E-state index contributed by atoms with van der Waals surface area (Å²) in [5, 5.41) is 9.69. The number of likely N-dealkylation sites (tertiary alicyclic amines) is 1. The SMILES string of the molecule is COc1cc(C(c2ccc(C)cc2)N2CCCC(C(=O)O)C2)cc(OC)c1OCc1ccccc1. The molecule has 6 heteroatoms. The Kier molecular flexibility index (Phi) is 7.93. The summed E-state index contributed by atoms with van der Waals surface area (Å²) in [4.78, 5) is 14.0. The molecule has 2 unspecified atom stereocenters. The Morgan fingerprint density at radius 2 is 1.66 bits per heavy atom. The van der Waals surface area contributed by atoms with Gasteiger partial charge in [0.2, 0.25) is 5.75 Å². The van der Waals surface area contributed by atoms with Crippen molar-refractivity contribution in [3.8, 4) is 17.2 Å². The Labute approximate surface area is 207 Å². The zero-order chi connectivity index (χ0) is 24.8. The maximum Gasteiger partial charge on any atom is 0.307 e. The van der Waals surface area contributed by atoms with Crippen molar-refractivity contribution in [1.82, 2.24) is 4.90 Å². The molecule has 4 rings (SSSR count). The van der Waals surface area contributed by atoms with E-state index in [9.17, 15) is 9.90 Å². The Bertz CT molecular complexity index is 1100. The first-order chi connectivity index (χ1) is 17.0. The lowest BCUT2D eigenvalue weighted by Crippen LogP contribution is -2.41. The highest BCUT2D eigenvalue weighted by molar-refractivity contribution is 5.70. The van der Waals surface area contributed by atoms with Gasteiger partial charge in [-0.05, 0) is 55.1 Å². The number of ether oxygens (including phenoxy) is 3. The second-order valence-corrected chi connectivity index (χ2v) is 9.01. The van der Waals surface area contributed by atoms with E-state index in [-0.39, 0.29) is 12.0 Å². The minimum absolute atomic E-state index is 0.135. The normalized spacial score (nSPS) is 16.9. The van der Waals surface area contributed by atoms with E-state index >= 15 is 0 Å². The number of aryl methyl sites for hydroxylation is 1. The average molecular weight is 476 g/mol. The molecule has 3 aromatic carbocycles. The molecule has 0 aliphatic carbocycles. The van der Waals surface area contributed by atoms with Crippen molar-refractivity contribution in [3.63, 3.8) is 0 Å². The summed E-state index contributed by atoms with van der Waals surface area (Å²) in [6.45, 7) is 3.76. The first-order valence-corrected chi connectivity index (χ1v) is 12.0. The molecule has 3 aromatic rings. The number of carboxylic acids is 1. The van der Waals surface area contributed by atoms with E-state index in [1.54, 1.807) is 14.2 Å². The monoisotopic (exact) mass is 475 g/mol. The van der Waals surface area contributed by atoms with Gasteiger partial charge < -0.3 is 19.3 Å². The summed E-state index contributed by atoms with van der Waals surface area (Å²) in [6.07, 6.45) is 1.54. The highest BCUT2D eigenvalue weighted by Gasteiger charge is 2.32. The predicted octanol–water partition coefficient (Wildman–Crippen LogP) is 5.48. The molecular formula is C29H33NO5.